The van der Waals surface area contributed by atoms with Crippen molar-refractivity contribution >= 4 is 5.91 Å². The molecule has 0 aliphatic rings. The SMILES string of the molecule is CC(C)(C)Cc1cc([C@@](Cc2ccccc2)(NC(=O)c2ccc(F)c(C(F)(F)F)c2)c2cc(F)cc(OC(F)(F)C(F)F)c2)ccc1F. The highest BCUT2D eigenvalue weighted by molar-refractivity contribution is 5.95. The third-order valence-electron chi connectivity index (χ3n) is 7.30. The number of carbonyl (C=O) groups excluding carboxylic acids is 1. The van der Waals surface area contributed by atoms with Gasteiger partial charge in [-0.05, 0) is 70.5 Å². The molecule has 0 aliphatic carbocycles. The summed E-state index contributed by atoms with van der Waals surface area (Å²) >= 11 is 0. The first-order valence-electron chi connectivity index (χ1n) is 14.4. The largest absolute Gasteiger partial charge is 0.461 e. The van der Waals surface area contributed by atoms with Crippen LogP contribution in [0.4, 0.5) is 43.9 Å². The Labute approximate surface area is 269 Å². The summed E-state index contributed by atoms with van der Waals surface area (Å²) in [6, 6.07) is 15.0. The van der Waals surface area contributed by atoms with E-state index in [1.54, 1.807) is 30.3 Å². The van der Waals surface area contributed by atoms with Crippen LogP contribution < -0.4 is 10.1 Å². The number of alkyl halides is 7. The van der Waals surface area contributed by atoms with Gasteiger partial charge in [-0.15, -0.1) is 0 Å². The molecule has 0 saturated heterocycles. The summed E-state index contributed by atoms with van der Waals surface area (Å²) in [5.74, 6) is -5.91. The average molecular weight is 686 g/mol. The van der Waals surface area contributed by atoms with Gasteiger partial charge in [0.05, 0.1) is 11.1 Å². The van der Waals surface area contributed by atoms with Gasteiger partial charge >= 0.3 is 18.7 Å². The Morgan fingerprint density at radius 1 is 0.750 bits per heavy atom. The third-order valence-corrected chi connectivity index (χ3v) is 7.30. The predicted octanol–water partition coefficient (Wildman–Crippen LogP) is 9.86. The maximum Gasteiger partial charge on any atom is 0.461 e. The minimum Gasteiger partial charge on any atom is -0.428 e. The monoisotopic (exact) mass is 685 g/mol. The Morgan fingerprint density at radius 3 is 2.00 bits per heavy atom. The first-order valence-corrected chi connectivity index (χ1v) is 14.4. The van der Waals surface area contributed by atoms with Crippen molar-refractivity contribution in [1.29, 1.82) is 0 Å². The molecular weight excluding hydrogens is 656 g/mol. The number of rotatable bonds is 10. The molecule has 0 radical (unpaired) electrons. The second kappa shape index (κ2) is 13.5. The smallest absolute Gasteiger partial charge is 0.428 e. The Hall–Kier alpha value is -4.55. The molecule has 0 aromatic heterocycles. The second-order valence-corrected chi connectivity index (χ2v) is 12.4. The standard InChI is InChI=1S/C35H29F10NO2/c1-32(2,3)19-22-13-23(10-12-28(22)37)33(18-20-7-5-4-6-8-20,24-15-25(36)17-26(16-24)48-35(44,45)31(39)40)46-30(47)21-9-11-29(38)27(14-21)34(41,42)43/h4-17,31H,18-19H2,1-3H3,(H,46,47)/t33-/m1/s1. The van der Waals surface area contributed by atoms with E-state index in [9.17, 15) is 39.9 Å². The minimum absolute atomic E-state index is 0.0238. The van der Waals surface area contributed by atoms with Gasteiger partial charge in [0.1, 0.15) is 23.2 Å². The van der Waals surface area contributed by atoms with Crippen LogP contribution in [-0.2, 0) is 24.6 Å². The third kappa shape index (κ3) is 8.48. The summed E-state index contributed by atoms with van der Waals surface area (Å²) in [5, 5.41) is 2.57. The van der Waals surface area contributed by atoms with Crippen molar-refractivity contribution in [3.8, 4) is 5.75 Å². The molecule has 0 heterocycles. The van der Waals surface area contributed by atoms with Gasteiger partial charge in [-0.25, -0.2) is 13.2 Å². The fourth-order valence-corrected chi connectivity index (χ4v) is 5.23. The van der Waals surface area contributed by atoms with Gasteiger partial charge in [0.15, 0.2) is 0 Å². The molecule has 4 rings (SSSR count). The molecule has 1 atom stereocenters. The van der Waals surface area contributed by atoms with Crippen molar-refractivity contribution in [2.24, 2.45) is 5.41 Å². The van der Waals surface area contributed by atoms with Crippen LogP contribution >= 0.6 is 0 Å². The summed E-state index contributed by atoms with van der Waals surface area (Å²) in [5.41, 5.74) is -4.85. The number of hydrogen-bond donors (Lipinski definition) is 1. The lowest BCUT2D eigenvalue weighted by molar-refractivity contribution is -0.253. The van der Waals surface area contributed by atoms with Gasteiger partial charge in [0.2, 0.25) is 0 Å². The molecule has 0 saturated carbocycles. The van der Waals surface area contributed by atoms with E-state index < -0.39 is 69.9 Å². The highest BCUT2D eigenvalue weighted by Crippen LogP contribution is 2.40. The number of hydrogen-bond acceptors (Lipinski definition) is 2. The Morgan fingerprint density at radius 2 is 1.40 bits per heavy atom. The molecule has 13 heteroatoms. The first-order chi connectivity index (χ1) is 22.2. The number of halogens is 10. The van der Waals surface area contributed by atoms with E-state index in [-0.39, 0.29) is 35.6 Å². The molecule has 4 aromatic carbocycles. The molecule has 1 amide bonds. The van der Waals surface area contributed by atoms with Crippen molar-refractivity contribution in [2.75, 3.05) is 0 Å². The molecule has 0 aliphatic heterocycles. The van der Waals surface area contributed by atoms with Crippen LogP contribution in [0.1, 0.15) is 58.9 Å². The number of carbonyl (C=O) groups is 1. The molecule has 1 N–H and O–H groups in total. The zero-order valence-electron chi connectivity index (χ0n) is 25.7. The topological polar surface area (TPSA) is 38.3 Å². The molecular formula is C35H29F10NO2. The lowest BCUT2D eigenvalue weighted by atomic mass is 9.76. The van der Waals surface area contributed by atoms with E-state index in [1.807, 2.05) is 20.8 Å². The molecule has 0 fully saturated rings. The van der Waals surface area contributed by atoms with Crippen molar-refractivity contribution in [1.82, 2.24) is 5.32 Å². The summed E-state index contributed by atoms with van der Waals surface area (Å²) in [6.45, 7) is 5.43. The van der Waals surface area contributed by atoms with E-state index in [4.69, 9.17) is 0 Å². The van der Waals surface area contributed by atoms with Gasteiger partial charge in [-0.1, -0.05) is 63.2 Å². The number of amides is 1. The van der Waals surface area contributed by atoms with Crippen molar-refractivity contribution in [3.63, 3.8) is 0 Å². The van der Waals surface area contributed by atoms with Gasteiger partial charge < -0.3 is 10.1 Å². The Bertz CT molecular complexity index is 1770. The Balaban J connectivity index is 2.03. The fourth-order valence-electron chi connectivity index (χ4n) is 5.23. The summed E-state index contributed by atoms with van der Waals surface area (Å²) in [7, 11) is 0. The molecule has 0 bridgehead atoms. The van der Waals surface area contributed by atoms with Gasteiger partial charge in [-0.3, -0.25) is 4.79 Å². The summed E-state index contributed by atoms with van der Waals surface area (Å²) in [6.07, 6.45) is -14.8. The van der Waals surface area contributed by atoms with Gasteiger partial charge in [0, 0.05) is 18.1 Å². The van der Waals surface area contributed by atoms with Crippen molar-refractivity contribution in [3.05, 3.63) is 136 Å². The first kappa shape index (κ1) is 36.3. The normalized spacial score (nSPS) is 13.7. The predicted molar refractivity (Wildman–Crippen MR) is 157 cm³/mol. The molecule has 48 heavy (non-hydrogen) atoms. The lowest BCUT2D eigenvalue weighted by Gasteiger charge is -2.37. The summed E-state index contributed by atoms with van der Waals surface area (Å²) < 4.78 is 143. The maximum atomic E-state index is 15.2. The highest BCUT2D eigenvalue weighted by atomic mass is 19.4. The van der Waals surface area contributed by atoms with Crippen LogP contribution in [0.3, 0.4) is 0 Å². The van der Waals surface area contributed by atoms with E-state index in [0.717, 1.165) is 24.3 Å². The van der Waals surface area contributed by atoms with Crippen LogP contribution in [0.5, 0.6) is 5.75 Å². The van der Waals surface area contributed by atoms with E-state index in [1.165, 1.54) is 12.1 Å². The van der Waals surface area contributed by atoms with Gasteiger partial charge in [0.25, 0.3) is 5.91 Å². The van der Waals surface area contributed by atoms with E-state index in [2.05, 4.69) is 10.1 Å². The lowest BCUT2D eigenvalue weighted by Crippen LogP contribution is -2.49. The van der Waals surface area contributed by atoms with E-state index in [0.29, 0.717) is 17.7 Å². The van der Waals surface area contributed by atoms with Crippen molar-refractivity contribution in [2.45, 2.75) is 57.9 Å². The summed E-state index contributed by atoms with van der Waals surface area (Å²) in [4.78, 5) is 13.8. The van der Waals surface area contributed by atoms with Crippen LogP contribution in [0.2, 0.25) is 0 Å². The molecule has 0 spiro atoms. The van der Waals surface area contributed by atoms with Crippen LogP contribution in [0, 0.1) is 22.9 Å². The van der Waals surface area contributed by atoms with Gasteiger partial charge in [-0.2, -0.15) is 30.7 Å². The minimum atomic E-state index is -5.19. The van der Waals surface area contributed by atoms with Crippen LogP contribution in [0.25, 0.3) is 0 Å². The number of ether oxygens (including phenoxy) is 1. The van der Waals surface area contributed by atoms with Crippen molar-refractivity contribution < 1.29 is 53.4 Å². The maximum absolute atomic E-state index is 15.2. The quantitative estimate of drug-likeness (QED) is 0.169. The highest BCUT2D eigenvalue weighted by Gasteiger charge is 2.45. The van der Waals surface area contributed by atoms with Crippen LogP contribution in [0.15, 0.2) is 84.9 Å². The number of nitrogens with one attached hydrogen (secondary N) is 1. The molecule has 0 unspecified atom stereocenters. The van der Waals surface area contributed by atoms with Crippen LogP contribution in [-0.4, -0.2) is 18.4 Å². The molecule has 256 valence electrons. The number of benzene rings is 4. The average Bonchev–Trinajstić information content (AvgIpc) is 2.96. The second-order valence-electron chi connectivity index (χ2n) is 12.4. The Kier molecular flexibility index (Phi) is 10.2. The zero-order valence-corrected chi connectivity index (χ0v) is 25.7. The fraction of sp³-hybridized carbons (Fsp3) is 0.286. The molecule has 3 nitrogen and oxygen atoms in total. The molecule has 4 aromatic rings. The van der Waals surface area contributed by atoms with E-state index >= 15 is 8.78 Å². The zero-order chi connectivity index (χ0) is 35.7.